The van der Waals surface area contributed by atoms with Gasteiger partial charge in [0.15, 0.2) is 0 Å². The van der Waals surface area contributed by atoms with Crippen molar-refractivity contribution in [3.8, 4) is 0 Å². The van der Waals surface area contributed by atoms with Gasteiger partial charge in [-0.25, -0.2) is 4.98 Å². The summed E-state index contributed by atoms with van der Waals surface area (Å²) in [7, 11) is 1.90. The lowest BCUT2D eigenvalue weighted by atomic mass is 9.82. The SMILES string of the molecule is CCc1cnc(CN(C)C(=O)[C@@H]2CCCc3ccccc32)s1. The van der Waals surface area contributed by atoms with E-state index in [9.17, 15) is 4.79 Å². The molecule has 3 rings (SSSR count). The van der Waals surface area contributed by atoms with Crippen LogP contribution in [0.15, 0.2) is 30.5 Å². The maximum Gasteiger partial charge on any atom is 0.230 e. The summed E-state index contributed by atoms with van der Waals surface area (Å²) in [6.45, 7) is 2.74. The maximum absolute atomic E-state index is 12.8. The zero-order valence-corrected chi connectivity index (χ0v) is 14.0. The Kier molecular flexibility index (Phi) is 4.57. The fourth-order valence-corrected chi connectivity index (χ4v) is 4.06. The van der Waals surface area contributed by atoms with Crippen LogP contribution in [0.1, 0.15) is 46.7 Å². The highest BCUT2D eigenvalue weighted by Crippen LogP contribution is 2.33. The Morgan fingerprint density at radius 3 is 3.00 bits per heavy atom. The van der Waals surface area contributed by atoms with E-state index < -0.39 is 0 Å². The van der Waals surface area contributed by atoms with Crippen molar-refractivity contribution in [2.75, 3.05) is 7.05 Å². The van der Waals surface area contributed by atoms with Gasteiger partial charge in [-0.2, -0.15) is 0 Å². The minimum absolute atomic E-state index is 0.0144. The summed E-state index contributed by atoms with van der Waals surface area (Å²) >= 11 is 1.71. The van der Waals surface area contributed by atoms with E-state index in [4.69, 9.17) is 0 Å². The predicted molar refractivity (Wildman–Crippen MR) is 90.1 cm³/mol. The third-order valence-corrected chi connectivity index (χ3v) is 5.49. The van der Waals surface area contributed by atoms with Crippen molar-refractivity contribution in [3.05, 3.63) is 51.5 Å². The van der Waals surface area contributed by atoms with E-state index >= 15 is 0 Å². The molecule has 3 nitrogen and oxygen atoms in total. The monoisotopic (exact) mass is 314 g/mol. The second kappa shape index (κ2) is 6.61. The topological polar surface area (TPSA) is 33.2 Å². The van der Waals surface area contributed by atoms with Crippen LogP contribution in [0.3, 0.4) is 0 Å². The van der Waals surface area contributed by atoms with E-state index in [0.29, 0.717) is 6.54 Å². The molecule has 0 aliphatic heterocycles. The fourth-order valence-electron chi connectivity index (χ4n) is 3.14. The van der Waals surface area contributed by atoms with Gasteiger partial charge in [0, 0.05) is 18.1 Å². The number of benzene rings is 1. The van der Waals surface area contributed by atoms with Gasteiger partial charge >= 0.3 is 0 Å². The number of aryl methyl sites for hydroxylation is 2. The number of likely N-dealkylation sites (N-methyl/N-ethyl adjacent to an activating group) is 1. The van der Waals surface area contributed by atoms with Crippen LogP contribution in [0.4, 0.5) is 0 Å². The molecular weight excluding hydrogens is 292 g/mol. The summed E-state index contributed by atoms with van der Waals surface area (Å²) in [5, 5.41) is 1.02. The van der Waals surface area contributed by atoms with Crippen LogP contribution in [0.2, 0.25) is 0 Å². The molecule has 0 spiro atoms. The second-order valence-corrected chi connectivity index (χ2v) is 7.11. The molecule has 1 amide bonds. The van der Waals surface area contributed by atoms with Crippen LogP contribution in [0, 0.1) is 0 Å². The smallest absolute Gasteiger partial charge is 0.230 e. The quantitative estimate of drug-likeness (QED) is 0.860. The summed E-state index contributed by atoms with van der Waals surface area (Å²) in [4.78, 5) is 20.4. The van der Waals surface area contributed by atoms with Crippen LogP contribution in [0.5, 0.6) is 0 Å². The first-order chi connectivity index (χ1) is 10.7. The summed E-state index contributed by atoms with van der Waals surface area (Å²) in [5.74, 6) is 0.237. The Bertz CT molecular complexity index is 665. The van der Waals surface area contributed by atoms with Crippen molar-refractivity contribution in [3.63, 3.8) is 0 Å². The molecule has 1 atom stereocenters. The molecule has 1 heterocycles. The lowest BCUT2D eigenvalue weighted by Gasteiger charge is -2.28. The highest BCUT2D eigenvalue weighted by molar-refractivity contribution is 7.11. The lowest BCUT2D eigenvalue weighted by molar-refractivity contribution is -0.132. The van der Waals surface area contributed by atoms with Crippen LogP contribution in [-0.2, 0) is 24.2 Å². The van der Waals surface area contributed by atoms with Crippen molar-refractivity contribution >= 4 is 17.2 Å². The number of amides is 1. The third-order valence-electron chi connectivity index (χ3n) is 4.37. The highest BCUT2D eigenvalue weighted by Gasteiger charge is 2.28. The minimum Gasteiger partial charge on any atom is -0.338 e. The number of hydrogen-bond donors (Lipinski definition) is 0. The molecular formula is C18H22N2OS. The van der Waals surface area contributed by atoms with E-state index in [2.05, 4.69) is 30.1 Å². The molecule has 0 saturated heterocycles. The minimum atomic E-state index is 0.0144. The van der Waals surface area contributed by atoms with Gasteiger partial charge in [-0.15, -0.1) is 11.3 Å². The Morgan fingerprint density at radius 1 is 1.41 bits per heavy atom. The van der Waals surface area contributed by atoms with Gasteiger partial charge in [-0.3, -0.25) is 4.79 Å². The first-order valence-electron chi connectivity index (χ1n) is 7.95. The predicted octanol–water partition coefficient (Wildman–Crippen LogP) is 3.78. The van der Waals surface area contributed by atoms with Gasteiger partial charge in [0.2, 0.25) is 5.91 Å². The Labute approximate surface area is 136 Å². The Balaban J connectivity index is 1.73. The highest BCUT2D eigenvalue weighted by atomic mass is 32.1. The van der Waals surface area contributed by atoms with E-state index in [1.807, 2.05) is 24.2 Å². The van der Waals surface area contributed by atoms with E-state index in [1.165, 1.54) is 16.0 Å². The number of carbonyl (C=O) groups is 1. The third kappa shape index (κ3) is 3.07. The molecule has 0 saturated carbocycles. The maximum atomic E-state index is 12.8. The molecule has 0 fully saturated rings. The first kappa shape index (κ1) is 15.2. The molecule has 0 N–H and O–H groups in total. The zero-order chi connectivity index (χ0) is 15.5. The molecule has 1 aromatic heterocycles. The molecule has 1 aromatic carbocycles. The van der Waals surface area contributed by atoms with E-state index in [1.54, 1.807) is 11.3 Å². The van der Waals surface area contributed by atoms with Gasteiger partial charge in [-0.05, 0) is 36.8 Å². The number of thiazole rings is 1. The fraction of sp³-hybridized carbons (Fsp3) is 0.444. The molecule has 0 unspecified atom stereocenters. The van der Waals surface area contributed by atoms with Crippen molar-refractivity contribution in [1.82, 2.24) is 9.88 Å². The number of carbonyl (C=O) groups excluding carboxylic acids is 1. The normalized spacial score (nSPS) is 17.1. The summed E-state index contributed by atoms with van der Waals surface area (Å²) < 4.78 is 0. The number of nitrogens with zero attached hydrogens (tertiary/aromatic N) is 2. The Morgan fingerprint density at radius 2 is 2.23 bits per heavy atom. The number of fused-ring (bicyclic) bond motifs is 1. The molecule has 2 aromatic rings. The molecule has 0 bridgehead atoms. The average Bonchev–Trinajstić information content (AvgIpc) is 3.01. The zero-order valence-electron chi connectivity index (χ0n) is 13.2. The van der Waals surface area contributed by atoms with Crippen LogP contribution >= 0.6 is 11.3 Å². The first-order valence-corrected chi connectivity index (χ1v) is 8.77. The molecule has 22 heavy (non-hydrogen) atoms. The van der Waals surface area contributed by atoms with Crippen LogP contribution < -0.4 is 0 Å². The van der Waals surface area contributed by atoms with Crippen LogP contribution in [-0.4, -0.2) is 22.8 Å². The average molecular weight is 314 g/mol. The number of hydrogen-bond acceptors (Lipinski definition) is 3. The molecule has 4 heteroatoms. The van der Waals surface area contributed by atoms with E-state index in [-0.39, 0.29) is 11.8 Å². The van der Waals surface area contributed by atoms with Crippen molar-refractivity contribution < 1.29 is 4.79 Å². The summed E-state index contributed by atoms with van der Waals surface area (Å²) in [5.41, 5.74) is 2.56. The largest absolute Gasteiger partial charge is 0.338 e. The van der Waals surface area contributed by atoms with Gasteiger partial charge in [0.25, 0.3) is 0 Å². The van der Waals surface area contributed by atoms with Crippen molar-refractivity contribution in [2.24, 2.45) is 0 Å². The second-order valence-electron chi connectivity index (χ2n) is 5.91. The van der Waals surface area contributed by atoms with Gasteiger partial charge < -0.3 is 4.90 Å². The van der Waals surface area contributed by atoms with Crippen molar-refractivity contribution in [1.29, 1.82) is 0 Å². The van der Waals surface area contributed by atoms with Crippen LogP contribution in [0.25, 0.3) is 0 Å². The number of rotatable bonds is 4. The van der Waals surface area contributed by atoms with Gasteiger partial charge in [0.1, 0.15) is 5.01 Å². The van der Waals surface area contributed by atoms with Gasteiger partial charge in [-0.1, -0.05) is 31.2 Å². The number of aromatic nitrogens is 1. The molecule has 1 aliphatic carbocycles. The lowest BCUT2D eigenvalue weighted by Crippen LogP contribution is -2.33. The molecule has 1 aliphatic rings. The summed E-state index contributed by atoms with van der Waals surface area (Å²) in [6, 6.07) is 8.38. The molecule has 0 radical (unpaired) electrons. The molecule has 116 valence electrons. The van der Waals surface area contributed by atoms with Crippen molar-refractivity contribution in [2.45, 2.75) is 45.1 Å². The van der Waals surface area contributed by atoms with Gasteiger partial charge in [0.05, 0.1) is 12.5 Å². The Hall–Kier alpha value is -1.68. The standard InChI is InChI=1S/C18H22N2OS/c1-3-14-11-19-17(22-14)12-20(2)18(21)16-10-6-8-13-7-4-5-9-15(13)16/h4-5,7,9,11,16H,3,6,8,10,12H2,1-2H3/t16-/m1/s1. The summed E-state index contributed by atoms with van der Waals surface area (Å²) in [6.07, 6.45) is 6.08. The van der Waals surface area contributed by atoms with E-state index in [0.717, 1.165) is 30.7 Å².